The standard InChI is InChI=1S/C27H30N4O3/c1-27(2,3)34-26(32)33-21-9-10-23-19(17-21)7-8-20(29-23)18-30-13-15-31(16-14-30)25-6-4-5-24-22(25)11-12-28-24/h4-12,17,28H,13-16,18H2,1-3H3. The van der Waals surface area contributed by atoms with Gasteiger partial charge in [0.15, 0.2) is 0 Å². The number of piperazine rings is 1. The zero-order valence-electron chi connectivity index (χ0n) is 19.9. The molecule has 7 nitrogen and oxygen atoms in total. The van der Waals surface area contributed by atoms with Gasteiger partial charge in [0.1, 0.15) is 11.4 Å². The van der Waals surface area contributed by atoms with Gasteiger partial charge in [-0.1, -0.05) is 12.1 Å². The smallest absolute Gasteiger partial charge is 0.428 e. The zero-order chi connectivity index (χ0) is 23.7. The van der Waals surface area contributed by atoms with Crippen LogP contribution in [-0.4, -0.2) is 52.8 Å². The SMILES string of the molecule is CC(C)(C)OC(=O)Oc1ccc2nc(CN3CCN(c4cccc5[nH]ccc45)CC3)ccc2c1. The molecule has 2 aromatic carbocycles. The van der Waals surface area contributed by atoms with E-state index in [-0.39, 0.29) is 0 Å². The van der Waals surface area contributed by atoms with Gasteiger partial charge in [0.25, 0.3) is 0 Å². The second-order valence-corrected chi connectivity index (χ2v) is 9.70. The number of H-pyrrole nitrogens is 1. The highest BCUT2D eigenvalue weighted by atomic mass is 16.7. The van der Waals surface area contributed by atoms with Crippen molar-refractivity contribution in [3.63, 3.8) is 0 Å². The van der Waals surface area contributed by atoms with E-state index in [1.54, 1.807) is 6.07 Å². The number of nitrogens with one attached hydrogen (secondary N) is 1. The number of benzene rings is 2. The van der Waals surface area contributed by atoms with Crippen molar-refractivity contribution >= 4 is 33.6 Å². The third-order valence-electron chi connectivity index (χ3n) is 5.98. The Balaban J connectivity index is 1.21. The second-order valence-electron chi connectivity index (χ2n) is 9.70. The molecule has 0 bridgehead atoms. The molecule has 5 rings (SSSR count). The Morgan fingerprint density at radius 1 is 1.03 bits per heavy atom. The molecule has 0 radical (unpaired) electrons. The average molecular weight is 459 g/mol. The fourth-order valence-corrected chi connectivity index (χ4v) is 4.39. The van der Waals surface area contributed by atoms with Crippen molar-refractivity contribution in [3.05, 3.63) is 66.5 Å². The van der Waals surface area contributed by atoms with Gasteiger partial charge in [-0.15, -0.1) is 0 Å². The summed E-state index contributed by atoms with van der Waals surface area (Å²) in [5.41, 5.74) is 3.80. The van der Waals surface area contributed by atoms with E-state index in [9.17, 15) is 4.79 Å². The number of aromatic nitrogens is 2. The molecule has 0 atom stereocenters. The highest BCUT2D eigenvalue weighted by Crippen LogP contribution is 2.27. The van der Waals surface area contributed by atoms with Crippen LogP contribution in [0.5, 0.6) is 5.75 Å². The first-order chi connectivity index (χ1) is 16.3. The Hall–Kier alpha value is -3.58. The van der Waals surface area contributed by atoms with E-state index in [2.05, 4.69) is 39.0 Å². The number of fused-ring (bicyclic) bond motifs is 2. The lowest BCUT2D eigenvalue weighted by molar-refractivity contribution is 0.0206. The van der Waals surface area contributed by atoms with Gasteiger partial charge < -0.3 is 19.4 Å². The summed E-state index contributed by atoms with van der Waals surface area (Å²) >= 11 is 0. The molecule has 1 aliphatic rings. The summed E-state index contributed by atoms with van der Waals surface area (Å²) in [6.45, 7) is 10.2. The maximum Gasteiger partial charge on any atom is 0.514 e. The lowest BCUT2D eigenvalue weighted by Crippen LogP contribution is -2.46. The fraction of sp³-hybridized carbons (Fsp3) is 0.333. The monoisotopic (exact) mass is 458 g/mol. The molecule has 1 fully saturated rings. The number of rotatable bonds is 4. The first-order valence-corrected chi connectivity index (χ1v) is 11.7. The van der Waals surface area contributed by atoms with Crippen molar-refractivity contribution in [2.45, 2.75) is 32.9 Å². The summed E-state index contributed by atoms with van der Waals surface area (Å²) in [6.07, 6.45) is 1.30. The maximum atomic E-state index is 11.9. The number of aromatic amines is 1. The zero-order valence-corrected chi connectivity index (χ0v) is 19.9. The quantitative estimate of drug-likeness (QED) is 0.328. The largest absolute Gasteiger partial charge is 0.514 e. The molecule has 0 spiro atoms. The van der Waals surface area contributed by atoms with Gasteiger partial charge in [-0.3, -0.25) is 9.88 Å². The van der Waals surface area contributed by atoms with Gasteiger partial charge in [-0.25, -0.2) is 4.79 Å². The number of nitrogens with zero attached hydrogens (tertiary/aromatic N) is 3. The Labute approximate surface area is 199 Å². The van der Waals surface area contributed by atoms with Crippen LogP contribution in [0.2, 0.25) is 0 Å². The molecule has 1 saturated heterocycles. The average Bonchev–Trinajstić information content (AvgIpc) is 3.27. The number of pyridine rings is 1. The van der Waals surface area contributed by atoms with E-state index in [1.165, 1.54) is 16.6 Å². The van der Waals surface area contributed by atoms with Gasteiger partial charge in [0.2, 0.25) is 0 Å². The first kappa shape index (κ1) is 22.2. The molecule has 0 saturated carbocycles. The minimum Gasteiger partial charge on any atom is -0.428 e. The van der Waals surface area contributed by atoms with Crippen LogP contribution in [0.25, 0.3) is 21.8 Å². The van der Waals surface area contributed by atoms with Crippen LogP contribution in [0.1, 0.15) is 26.5 Å². The molecule has 1 N–H and O–H groups in total. The van der Waals surface area contributed by atoms with E-state index in [0.717, 1.165) is 49.3 Å². The minimum absolute atomic E-state index is 0.449. The van der Waals surface area contributed by atoms with Crippen LogP contribution in [0.3, 0.4) is 0 Å². The third kappa shape index (κ3) is 4.99. The molecule has 0 unspecified atom stereocenters. The van der Waals surface area contributed by atoms with Crippen LogP contribution in [0.4, 0.5) is 10.5 Å². The molecule has 1 aliphatic heterocycles. The molecular weight excluding hydrogens is 428 g/mol. The van der Waals surface area contributed by atoms with E-state index >= 15 is 0 Å². The lowest BCUT2D eigenvalue weighted by atomic mass is 10.1. The summed E-state index contributed by atoms with van der Waals surface area (Å²) in [5, 5.41) is 2.20. The number of anilines is 1. The van der Waals surface area contributed by atoms with Crippen molar-refractivity contribution in [1.82, 2.24) is 14.9 Å². The van der Waals surface area contributed by atoms with Crippen LogP contribution in [0, 0.1) is 0 Å². The number of ether oxygens (including phenoxy) is 2. The second kappa shape index (κ2) is 8.99. The molecule has 176 valence electrons. The van der Waals surface area contributed by atoms with E-state index in [0.29, 0.717) is 5.75 Å². The summed E-state index contributed by atoms with van der Waals surface area (Å²) in [4.78, 5) is 25.0. The Kier molecular flexibility index (Phi) is 5.87. The van der Waals surface area contributed by atoms with Crippen molar-refractivity contribution in [3.8, 4) is 5.75 Å². The summed E-state index contributed by atoms with van der Waals surface area (Å²) < 4.78 is 10.5. The predicted molar refractivity (Wildman–Crippen MR) is 134 cm³/mol. The van der Waals surface area contributed by atoms with Crippen LogP contribution in [-0.2, 0) is 11.3 Å². The number of hydrogen-bond donors (Lipinski definition) is 1. The molecule has 7 heteroatoms. The number of hydrogen-bond acceptors (Lipinski definition) is 6. The van der Waals surface area contributed by atoms with Gasteiger partial charge in [-0.2, -0.15) is 0 Å². The van der Waals surface area contributed by atoms with Gasteiger partial charge in [0.05, 0.1) is 11.2 Å². The van der Waals surface area contributed by atoms with Gasteiger partial charge in [-0.05, 0) is 63.2 Å². The molecule has 34 heavy (non-hydrogen) atoms. The van der Waals surface area contributed by atoms with Crippen LogP contribution >= 0.6 is 0 Å². The normalized spacial score (nSPS) is 15.1. The van der Waals surface area contributed by atoms with Crippen LogP contribution < -0.4 is 9.64 Å². The van der Waals surface area contributed by atoms with Gasteiger partial charge >= 0.3 is 6.16 Å². The van der Waals surface area contributed by atoms with Crippen molar-refractivity contribution in [1.29, 1.82) is 0 Å². The molecule has 3 heterocycles. The minimum atomic E-state index is -0.705. The number of carbonyl (C=O) groups excluding carboxylic acids is 1. The fourth-order valence-electron chi connectivity index (χ4n) is 4.39. The Bertz CT molecular complexity index is 1320. The third-order valence-corrected chi connectivity index (χ3v) is 5.98. The van der Waals surface area contributed by atoms with E-state index < -0.39 is 11.8 Å². The molecule has 2 aromatic heterocycles. The maximum absolute atomic E-state index is 11.9. The Morgan fingerprint density at radius 2 is 1.85 bits per heavy atom. The highest BCUT2D eigenvalue weighted by molar-refractivity contribution is 5.92. The number of carbonyl (C=O) groups is 1. The van der Waals surface area contributed by atoms with Crippen molar-refractivity contribution in [2.24, 2.45) is 0 Å². The summed E-state index contributed by atoms with van der Waals surface area (Å²) in [5.74, 6) is 0.449. The first-order valence-electron chi connectivity index (χ1n) is 11.7. The lowest BCUT2D eigenvalue weighted by Gasteiger charge is -2.36. The van der Waals surface area contributed by atoms with Crippen LogP contribution in [0.15, 0.2) is 60.8 Å². The predicted octanol–water partition coefficient (Wildman–Crippen LogP) is 5.35. The summed E-state index contributed by atoms with van der Waals surface area (Å²) in [7, 11) is 0. The van der Waals surface area contributed by atoms with E-state index in [1.807, 2.05) is 51.2 Å². The molecular formula is C27H30N4O3. The summed E-state index contributed by atoms with van der Waals surface area (Å²) in [6, 6.07) is 18.1. The highest BCUT2D eigenvalue weighted by Gasteiger charge is 2.20. The van der Waals surface area contributed by atoms with Gasteiger partial charge in [0, 0.05) is 60.9 Å². The van der Waals surface area contributed by atoms with Crippen molar-refractivity contribution in [2.75, 3.05) is 31.1 Å². The topological polar surface area (TPSA) is 70.7 Å². The molecule has 0 amide bonds. The van der Waals surface area contributed by atoms with Crippen molar-refractivity contribution < 1.29 is 14.3 Å². The molecule has 4 aromatic rings. The van der Waals surface area contributed by atoms with E-state index in [4.69, 9.17) is 14.5 Å². The Morgan fingerprint density at radius 3 is 2.65 bits per heavy atom. The molecule has 0 aliphatic carbocycles.